The lowest BCUT2D eigenvalue weighted by molar-refractivity contribution is -0.182. The van der Waals surface area contributed by atoms with E-state index in [-0.39, 0.29) is 24.9 Å². The molecule has 2 N–H and O–H groups in total. The van der Waals surface area contributed by atoms with Crippen molar-refractivity contribution in [3.05, 3.63) is 120 Å². The van der Waals surface area contributed by atoms with E-state index in [2.05, 4.69) is 0 Å². The summed E-state index contributed by atoms with van der Waals surface area (Å²) in [4.78, 5) is 44.2. The summed E-state index contributed by atoms with van der Waals surface area (Å²) >= 11 is 0. The minimum atomic E-state index is -1.18. The molecule has 4 atom stereocenters. The van der Waals surface area contributed by atoms with Gasteiger partial charge in [0.15, 0.2) is 0 Å². The van der Waals surface area contributed by atoms with Gasteiger partial charge in [0.25, 0.3) is 0 Å². The number of hydrogen-bond acceptors (Lipinski definition) is 6. The van der Waals surface area contributed by atoms with Crippen molar-refractivity contribution < 1.29 is 34.1 Å². The Morgan fingerprint density at radius 1 is 0.571 bits per heavy atom. The molecule has 2 amide bonds. The number of nitrogens with zero attached hydrogens (tertiary/aromatic N) is 2. The van der Waals surface area contributed by atoms with Crippen LogP contribution in [0.25, 0.3) is 0 Å². The van der Waals surface area contributed by atoms with E-state index in [0.717, 1.165) is 11.1 Å². The first kappa shape index (κ1) is 35.2. The highest BCUT2D eigenvalue weighted by Gasteiger charge is 2.61. The van der Waals surface area contributed by atoms with Gasteiger partial charge in [-0.15, -0.1) is 0 Å². The number of aliphatic carboxylic acids is 1. The largest absolute Gasteiger partial charge is 0.481 e. The first-order valence-corrected chi connectivity index (χ1v) is 16.9. The average molecular weight is 665 g/mol. The molecule has 0 aromatic heterocycles. The Bertz CT molecular complexity index is 1660. The molecule has 1 aliphatic carbocycles. The summed E-state index contributed by atoms with van der Waals surface area (Å²) < 4.78 is 11.8. The summed E-state index contributed by atoms with van der Waals surface area (Å²) in [6, 6.07) is 33.7. The molecule has 256 valence electrons. The van der Waals surface area contributed by atoms with Crippen LogP contribution in [0.15, 0.2) is 109 Å². The van der Waals surface area contributed by atoms with E-state index in [0.29, 0.717) is 48.9 Å². The maximum absolute atomic E-state index is 14.2. The van der Waals surface area contributed by atoms with E-state index in [1.165, 1.54) is 0 Å². The van der Waals surface area contributed by atoms with Crippen LogP contribution in [-0.4, -0.2) is 57.5 Å². The van der Waals surface area contributed by atoms with Crippen LogP contribution in [-0.2, 0) is 27.5 Å². The third-order valence-corrected chi connectivity index (χ3v) is 8.92. The second-order valence-corrected chi connectivity index (χ2v) is 12.4. The fourth-order valence-corrected chi connectivity index (χ4v) is 6.55. The highest BCUT2D eigenvalue weighted by atomic mass is 16.5. The SMILES string of the molecule is CCCN(Cc1ccc(Oc2ccccc2)cc1)C(=O)[C@H]1[C@@H](C(=O)O)[C@H](CO)[C@@H]1C(=O)N(CCC)Cc1ccc(Oc2ccccc2)cc1. The van der Waals surface area contributed by atoms with Crippen LogP contribution in [0.1, 0.15) is 37.8 Å². The highest BCUT2D eigenvalue weighted by molar-refractivity contribution is 5.95. The molecule has 0 spiro atoms. The van der Waals surface area contributed by atoms with E-state index in [9.17, 15) is 24.6 Å². The van der Waals surface area contributed by atoms with Gasteiger partial charge in [-0.25, -0.2) is 0 Å². The molecule has 5 rings (SSSR count). The van der Waals surface area contributed by atoms with E-state index in [1.54, 1.807) is 9.80 Å². The quantitative estimate of drug-likeness (QED) is 0.132. The van der Waals surface area contributed by atoms with Crippen LogP contribution >= 0.6 is 0 Å². The molecule has 9 nitrogen and oxygen atoms in total. The molecular formula is C40H44N2O7. The fraction of sp³-hybridized carbons (Fsp3) is 0.325. The van der Waals surface area contributed by atoms with Gasteiger partial charge in [0.05, 0.1) is 17.8 Å². The van der Waals surface area contributed by atoms with Crippen molar-refractivity contribution in [2.75, 3.05) is 19.7 Å². The van der Waals surface area contributed by atoms with Gasteiger partial charge in [-0.05, 0) is 72.5 Å². The molecule has 49 heavy (non-hydrogen) atoms. The second-order valence-electron chi connectivity index (χ2n) is 12.4. The van der Waals surface area contributed by atoms with Crippen molar-refractivity contribution in [2.24, 2.45) is 23.7 Å². The second kappa shape index (κ2) is 16.8. The normalized spacial score (nSPS) is 18.2. The molecule has 0 radical (unpaired) electrons. The first-order chi connectivity index (χ1) is 23.8. The number of aliphatic hydroxyl groups is 1. The fourth-order valence-electron chi connectivity index (χ4n) is 6.55. The first-order valence-electron chi connectivity index (χ1n) is 16.9. The zero-order valence-corrected chi connectivity index (χ0v) is 28.0. The summed E-state index contributed by atoms with van der Waals surface area (Å²) in [5.74, 6) is -3.22. The van der Waals surface area contributed by atoms with Crippen molar-refractivity contribution in [1.82, 2.24) is 9.80 Å². The maximum atomic E-state index is 14.2. The standard InChI is InChI=1S/C40H44N2O7/c1-3-23-41(25-28-15-19-32(20-16-28)48-30-11-7-5-8-12-30)38(44)35-34(27-43)36(40(46)47)37(35)39(45)42(24-4-2)26-29-17-21-33(22-18-29)49-31-13-9-6-10-14-31/h5-22,34-37,43H,3-4,23-27H2,1-2H3,(H,46,47)/t34-,35+,36+,37-/m1/s1. The van der Waals surface area contributed by atoms with Gasteiger partial charge >= 0.3 is 5.97 Å². The Kier molecular flexibility index (Phi) is 12.1. The summed E-state index contributed by atoms with van der Waals surface area (Å²) in [5.41, 5.74) is 1.72. The summed E-state index contributed by atoms with van der Waals surface area (Å²) in [6.07, 6.45) is 1.32. The number of para-hydroxylation sites is 2. The predicted octanol–water partition coefficient (Wildman–Crippen LogP) is 7.00. The topological polar surface area (TPSA) is 117 Å². The van der Waals surface area contributed by atoms with Crippen molar-refractivity contribution in [2.45, 2.75) is 39.8 Å². The smallest absolute Gasteiger partial charge is 0.307 e. The molecule has 0 aliphatic heterocycles. The van der Waals surface area contributed by atoms with Gasteiger partial charge in [0.1, 0.15) is 23.0 Å². The molecule has 0 bridgehead atoms. The van der Waals surface area contributed by atoms with Crippen LogP contribution in [0.3, 0.4) is 0 Å². The third-order valence-electron chi connectivity index (χ3n) is 8.92. The van der Waals surface area contributed by atoms with Gasteiger partial charge in [-0.1, -0.05) is 74.5 Å². The Labute approximate surface area is 287 Å². The minimum absolute atomic E-state index is 0.252. The number of ether oxygens (including phenoxy) is 2. The zero-order valence-electron chi connectivity index (χ0n) is 28.0. The Hall–Kier alpha value is -5.15. The summed E-state index contributed by atoms with van der Waals surface area (Å²) in [6.45, 7) is 4.76. The molecule has 0 saturated heterocycles. The van der Waals surface area contributed by atoms with Gasteiger partial charge in [0, 0.05) is 38.7 Å². The average Bonchev–Trinajstić information content (AvgIpc) is 3.10. The third kappa shape index (κ3) is 8.66. The molecule has 0 unspecified atom stereocenters. The predicted molar refractivity (Wildman–Crippen MR) is 186 cm³/mol. The molecule has 1 fully saturated rings. The number of rotatable bonds is 16. The highest BCUT2D eigenvalue weighted by Crippen LogP contribution is 2.48. The van der Waals surface area contributed by atoms with Crippen LogP contribution in [0, 0.1) is 23.7 Å². The van der Waals surface area contributed by atoms with Crippen LogP contribution in [0.2, 0.25) is 0 Å². The number of benzene rings is 4. The van der Waals surface area contributed by atoms with Crippen molar-refractivity contribution in [1.29, 1.82) is 0 Å². The molecular weight excluding hydrogens is 620 g/mol. The minimum Gasteiger partial charge on any atom is -0.481 e. The van der Waals surface area contributed by atoms with E-state index >= 15 is 0 Å². The molecule has 4 aromatic carbocycles. The lowest BCUT2D eigenvalue weighted by atomic mass is 9.55. The van der Waals surface area contributed by atoms with E-state index < -0.39 is 36.2 Å². The number of aliphatic hydroxyl groups excluding tert-OH is 1. The van der Waals surface area contributed by atoms with E-state index in [4.69, 9.17) is 9.47 Å². The zero-order chi connectivity index (χ0) is 34.8. The van der Waals surface area contributed by atoms with Crippen molar-refractivity contribution >= 4 is 17.8 Å². The lowest BCUT2D eigenvalue weighted by Crippen LogP contribution is -2.63. The summed E-state index contributed by atoms with van der Waals surface area (Å²) in [5, 5.41) is 20.5. The number of carboxylic acid groups (broad SMARTS) is 1. The van der Waals surface area contributed by atoms with Crippen molar-refractivity contribution in [3.8, 4) is 23.0 Å². The number of carbonyl (C=O) groups excluding carboxylic acids is 2. The number of amides is 2. The lowest BCUT2D eigenvalue weighted by Gasteiger charge is -2.50. The van der Waals surface area contributed by atoms with Crippen molar-refractivity contribution in [3.63, 3.8) is 0 Å². The Morgan fingerprint density at radius 3 is 1.33 bits per heavy atom. The molecule has 0 heterocycles. The van der Waals surface area contributed by atoms with E-state index in [1.807, 2.05) is 123 Å². The van der Waals surface area contributed by atoms with Gasteiger partial charge in [-0.2, -0.15) is 0 Å². The molecule has 1 aliphatic rings. The van der Waals surface area contributed by atoms with Crippen LogP contribution in [0.4, 0.5) is 0 Å². The molecule has 4 aromatic rings. The van der Waals surface area contributed by atoms with Crippen LogP contribution < -0.4 is 9.47 Å². The number of carboxylic acids is 1. The molecule has 1 saturated carbocycles. The van der Waals surface area contributed by atoms with Gasteiger partial charge < -0.3 is 29.5 Å². The number of hydrogen-bond donors (Lipinski definition) is 2. The Balaban J connectivity index is 1.32. The maximum Gasteiger partial charge on any atom is 0.307 e. The van der Waals surface area contributed by atoms with Gasteiger partial charge in [0.2, 0.25) is 11.8 Å². The molecule has 9 heteroatoms. The van der Waals surface area contributed by atoms with Crippen LogP contribution in [0.5, 0.6) is 23.0 Å². The monoisotopic (exact) mass is 664 g/mol. The number of carbonyl (C=O) groups is 3. The Morgan fingerprint density at radius 2 is 0.959 bits per heavy atom. The van der Waals surface area contributed by atoms with Gasteiger partial charge in [-0.3, -0.25) is 14.4 Å². The summed E-state index contributed by atoms with van der Waals surface area (Å²) in [7, 11) is 0.